The van der Waals surface area contributed by atoms with E-state index in [0.29, 0.717) is 23.7 Å². The Labute approximate surface area is 140 Å². The number of benzene rings is 2. The lowest BCUT2D eigenvalue weighted by molar-refractivity contribution is 0.284. The molecule has 2 aromatic rings. The first-order chi connectivity index (χ1) is 11.7. The van der Waals surface area contributed by atoms with Gasteiger partial charge in [-0.3, -0.25) is 0 Å². The van der Waals surface area contributed by atoms with Crippen LogP contribution < -0.4 is 14.2 Å². The number of allylic oxidation sites excluding steroid dienone is 1. The lowest BCUT2D eigenvalue weighted by Gasteiger charge is -2.12. The summed E-state index contributed by atoms with van der Waals surface area (Å²) in [7, 11) is 3.16. The first-order valence-electron chi connectivity index (χ1n) is 7.16. The van der Waals surface area contributed by atoms with Gasteiger partial charge in [-0.2, -0.15) is 10.5 Å². The van der Waals surface area contributed by atoms with Gasteiger partial charge in [-0.25, -0.2) is 0 Å². The molecule has 0 aliphatic carbocycles. The molecule has 5 heteroatoms. The van der Waals surface area contributed by atoms with E-state index < -0.39 is 0 Å². The standard InChI is InChI=1S/C19H16N2O3/c1-22-17-5-3-4-15(9-17)13-24-18-7-6-14(10-19(18)23-2)8-16(11-20)12-21/h3-10H,13H2,1-2H3. The maximum atomic E-state index is 8.81. The van der Waals surface area contributed by atoms with Gasteiger partial charge >= 0.3 is 0 Å². The molecular formula is C19H16N2O3. The lowest BCUT2D eigenvalue weighted by Crippen LogP contribution is -1.98. The highest BCUT2D eigenvalue weighted by Crippen LogP contribution is 2.30. The van der Waals surface area contributed by atoms with Crippen LogP contribution in [0.4, 0.5) is 0 Å². The second-order valence-corrected chi connectivity index (χ2v) is 4.83. The molecule has 0 aromatic heterocycles. The molecule has 0 fully saturated rings. The highest BCUT2D eigenvalue weighted by Gasteiger charge is 2.07. The van der Waals surface area contributed by atoms with Gasteiger partial charge in [-0.15, -0.1) is 0 Å². The first-order valence-corrected chi connectivity index (χ1v) is 7.16. The molecule has 2 rings (SSSR count). The Hall–Kier alpha value is -3.44. The highest BCUT2D eigenvalue weighted by molar-refractivity contribution is 5.64. The predicted octanol–water partition coefficient (Wildman–Crippen LogP) is 3.71. The summed E-state index contributed by atoms with van der Waals surface area (Å²) in [4.78, 5) is 0. The van der Waals surface area contributed by atoms with Crippen molar-refractivity contribution >= 4 is 6.08 Å². The molecule has 0 heterocycles. The van der Waals surface area contributed by atoms with Crippen LogP contribution in [0.25, 0.3) is 6.08 Å². The zero-order chi connectivity index (χ0) is 17.4. The van der Waals surface area contributed by atoms with Gasteiger partial charge in [0.25, 0.3) is 0 Å². The number of rotatable bonds is 6. The van der Waals surface area contributed by atoms with E-state index in [9.17, 15) is 0 Å². The number of hydrogen-bond donors (Lipinski definition) is 0. The maximum absolute atomic E-state index is 8.81. The number of nitriles is 2. The van der Waals surface area contributed by atoms with Gasteiger partial charge in [0.05, 0.1) is 14.2 Å². The van der Waals surface area contributed by atoms with E-state index in [1.807, 2.05) is 36.4 Å². The van der Waals surface area contributed by atoms with E-state index in [0.717, 1.165) is 11.3 Å². The van der Waals surface area contributed by atoms with Crippen molar-refractivity contribution < 1.29 is 14.2 Å². The minimum Gasteiger partial charge on any atom is -0.497 e. The summed E-state index contributed by atoms with van der Waals surface area (Å²) in [6.07, 6.45) is 1.49. The summed E-state index contributed by atoms with van der Waals surface area (Å²) in [5.41, 5.74) is 1.69. The van der Waals surface area contributed by atoms with Crippen molar-refractivity contribution in [2.24, 2.45) is 0 Å². The third-order valence-electron chi connectivity index (χ3n) is 3.27. The van der Waals surface area contributed by atoms with Crippen molar-refractivity contribution in [1.29, 1.82) is 10.5 Å². The van der Waals surface area contributed by atoms with Gasteiger partial charge in [-0.1, -0.05) is 18.2 Å². The van der Waals surface area contributed by atoms with Gasteiger partial charge in [0.1, 0.15) is 30.1 Å². The normalized spacial score (nSPS) is 9.33. The average Bonchev–Trinajstić information content (AvgIpc) is 2.64. The van der Waals surface area contributed by atoms with Crippen LogP contribution in [0.15, 0.2) is 48.0 Å². The molecule has 2 aromatic carbocycles. The van der Waals surface area contributed by atoms with Crippen molar-refractivity contribution in [2.45, 2.75) is 6.61 Å². The second-order valence-electron chi connectivity index (χ2n) is 4.83. The molecule has 0 aliphatic heterocycles. The first kappa shape index (κ1) is 16.9. The lowest BCUT2D eigenvalue weighted by atomic mass is 10.1. The molecule has 0 unspecified atom stereocenters. The minimum absolute atomic E-state index is 0.0297. The molecule has 24 heavy (non-hydrogen) atoms. The van der Waals surface area contributed by atoms with Crippen molar-refractivity contribution in [3.05, 3.63) is 59.2 Å². The highest BCUT2D eigenvalue weighted by atomic mass is 16.5. The Balaban J connectivity index is 2.17. The van der Waals surface area contributed by atoms with Gasteiger partial charge in [-0.05, 0) is 41.5 Å². The molecule has 0 N–H and O–H groups in total. The summed E-state index contributed by atoms with van der Waals surface area (Å²) < 4.78 is 16.3. The van der Waals surface area contributed by atoms with Crippen LogP contribution in [0.1, 0.15) is 11.1 Å². The van der Waals surface area contributed by atoms with E-state index in [4.69, 9.17) is 24.7 Å². The molecule has 0 saturated heterocycles. The molecule has 0 atom stereocenters. The zero-order valence-corrected chi connectivity index (χ0v) is 13.4. The van der Waals surface area contributed by atoms with E-state index >= 15 is 0 Å². The summed E-state index contributed by atoms with van der Waals surface area (Å²) in [6, 6.07) is 16.5. The zero-order valence-electron chi connectivity index (χ0n) is 13.4. The Morgan fingerprint density at radius 3 is 2.46 bits per heavy atom. The molecule has 0 spiro atoms. The number of methoxy groups -OCH3 is 2. The van der Waals surface area contributed by atoms with Crippen LogP contribution in [-0.2, 0) is 6.61 Å². The molecule has 0 saturated carbocycles. The van der Waals surface area contributed by atoms with Gasteiger partial charge in [0.15, 0.2) is 11.5 Å². The van der Waals surface area contributed by atoms with Crippen LogP contribution in [0.3, 0.4) is 0 Å². The summed E-state index contributed by atoms with van der Waals surface area (Å²) in [5, 5.41) is 17.6. The molecule has 0 amide bonds. The van der Waals surface area contributed by atoms with Crippen LogP contribution in [0, 0.1) is 22.7 Å². The Morgan fingerprint density at radius 1 is 1.00 bits per heavy atom. The van der Waals surface area contributed by atoms with Crippen LogP contribution in [-0.4, -0.2) is 14.2 Å². The van der Waals surface area contributed by atoms with E-state index in [1.54, 1.807) is 25.3 Å². The second kappa shape index (κ2) is 8.26. The number of nitrogens with zero attached hydrogens (tertiary/aromatic N) is 2. The molecule has 5 nitrogen and oxygen atoms in total. The largest absolute Gasteiger partial charge is 0.497 e. The fourth-order valence-electron chi connectivity index (χ4n) is 2.07. The average molecular weight is 320 g/mol. The van der Waals surface area contributed by atoms with Crippen molar-refractivity contribution in [2.75, 3.05) is 14.2 Å². The Morgan fingerprint density at radius 2 is 1.79 bits per heavy atom. The minimum atomic E-state index is 0.0297. The van der Waals surface area contributed by atoms with Crippen LogP contribution >= 0.6 is 0 Å². The summed E-state index contributed by atoms with van der Waals surface area (Å²) in [6.45, 7) is 0.365. The quantitative estimate of drug-likeness (QED) is 0.758. The van der Waals surface area contributed by atoms with Gasteiger partial charge < -0.3 is 14.2 Å². The number of hydrogen-bond acceptors (Lipinski definition) is 5. The van der Waals surface area contributed by atoms with Gasteiger partial charge in [0, 0.05) is 0 Å². The predicted molar refractivity (Wildman–Crippen MR) is 89.5 cm³/mol. The fourth-order valence-corrected chi connectivity index (χ4v) is 2.07. The van der Waals surface area contributed by atoms with E-state index in [1.165, 1.54) is 13.2 Å². The summed E-state index contributed by atoms with van der Waals surface area (Å²) >= 11 is 0. The molecule has 0 radical (unpaired) electrons. The maximum Gasteiger partial charge on any atom is 0.161 e. The molecule has 0 aliphatic rings. The molecule has 120 valence electrons. The summed E-state index contributed by atoms with van der Waals surface area (Å²) in [5.74, 6) is 1.87. The van der Waals surface area contributed by atoms with E-state index in [2.05, 4.69) is 0 Å². The third kappa shape index (κ3) is 4.28. The van der Waals surface area contributed by atoms with Crippen LogP contribution in [0.2, 0.25) is 0 Å². The topological polar surface area (TPSA) is 75.3 Å². The van der Waals surface area contributed by atoms with Crippen molar-refractivity contribution in [3.63, 3.8) is 0 Å². The number of ether oxygens (including phenoxy) is 3. The van der Waals surface area contributed by atoms with Crippen molar-refractivity contribution in [3.8, 4) is 29.4 Å². The Kier molecular flexibility index (Phi) is 5.82. The third-order valence-corrected chi connectivity index (χ3v) is 3.27. The Bertz CT molecular complexity index is 813. The van der Waals surface area contributed by atoms with E-state index in [-0.39, 0.29) is 5.57 Å². The van der Waals surface area contributed by atoms with Crippen LogP contribution in [0.5, 0.6) is 17.2 Å². The van der Waals surface area contributed by atoms with Crippen molar-refractivity contribution in [1.82, 2.24) is 0 Å². The monoisotopic (exact) mass is 320 g/mol. The van der Waals surface area contributed by atoms with Gasteiger partial charge in [0.2, 0.25) is 0 Å². The SMILES string of the molecule is COc1cccc(COc2ccc(C=C(C#N)C#N)cc2OC)c1. The fraction of sp³-hybridized carbons (Fsp3) is 0.158. The molecular weight excluding hydrogens is 304 g/mol. The smallest absolute Gasteiger partial charge is 0.161 e. The molecule has 0 bridgehead atoms.